The molecule has 0 saturated heterocycles. The van der Waals surface area contributed by atoms with Crippen LogP contribution in [0.3, 0.4) is 0 Å². The van der Waals surface area contributed by atoms with E-state index in [9.17, 15) is 9.59 Å². The van der Waals surface area contributed by atoms with Gasteiger partial charge in [-0.05, 0) is 44.2 Å². The van der Waals surface area contributed by atoms with Gasteiger partial charge in [0.05, 0.1) is 18.3 Å². The van der Waals surface area contributed by atoms with E-state index in [2.05, 4.69) is 9.88 Å². The summed E-state index contributed by atoms with van der Waals surface area (Å²) in [6.07, 6.45) is 10.2. The summed E-state index contributed by atoms with van der Waals surface area (Å²) in [4.78, 5) is 32.0. The average Bonchev–Trinajstić information content (AvgIpc) is 3.45. The van der Waals surface area contributed by atoms with Gasteiger partial charge in [0, 0.05) is 29.9 Å². The number of carbonyl (C=O) groups excluding carboxylic acids is 2. The summed E-state index contributed by atoms with van der Waals surface area (Å²) in [5, 5.41) is 0. The number of aromatic nitrogens is 1. The van der Waals surface area contributed by atoms with Crippen LogP contribution in [0.4, 0.5) is 0 Å². The van der Waals surface area contributed by atoms with E-state index in [-0.39, 0.29) is 23.7 Å². The first kappa shape index (κ1) is 19.2. The lowest BCUT2D eigenvalue weighted by Gasteiger charge is -2.34. The molecule has 2 aliphatic rings. The standard InChI is InChI=1S/C20H28N2O3S/c1-2-25-20(24)18-12-15(18)13-22(16-6-4-3-5-7-16)19(23)14-26-17-8-10-21-11-9-17/h8-11,15-16,18H,2-7,12-14H2,1H3/t15-,18+/m1/s1. The Balaban J connectivity index is 1.58. The third-order valence-corrected chi connectivity index (χ3v) is 6.29. The molecule has 2 aliphatic carbocycles. The highest BCUT2D eigenvalue weighted by Crippen LogP contribution is 2.41. The Morgan fingerprint density at radius 2 is 1.96 bits per heavy atom. The van der Waals surface area contributed by atoms with Gasteiger partial charge in [0.1, 0.15) is 0 Å². The highest BCUT2D eigenvalue weighted by atomic mass is 32.2. The molecule has 0 aromatic carbocycles. The van der Waals surface area contributed by atoms with Gasteiger partial charge in [-0.3, -0.25) is 14.6 Å². The van der Waals surface area contributed by atoms with Crippen LogP contribution in [0, 0.1) is 11.8 Å². The van der Waals surface area contributed by atoms with Crippen LogP contribution in [-0.4, -0.2) is 46.7 Å². The van der Waals surface area contributed by atoms with Crippen molar-refractivity contribution < 1.29 is 14.3 Å². The summed E-state index contributed by atoms with van der Waals surface area (Å²) in [7, 11) is 0. The molecule has 1 amide bonds. The minimum absolute atomic E-state index is 0.0123. The van der Waals surface area contributed by atoms with Crippen molar-refractivity contribution in [1.29, 1.82) is 0 Å². The Kier molecular flexibility index (Phi) is 6.94. The van der Waals surface area contributed by atoms with Crippen molar-refractivity contribution >= 4 is 23.6 Å². The number of nitrogens with zero attached hydrogens (tertiary/aromatic N) is 2. The fraction of sp³-hybridized carbons (Fsp3) is 0.650. The Morgan fingerprint density at radius 3 is 2.65 bits per heavy atom. The molecule has 26 heavy (non-hydrogen) atoms. The van der Waals surface area contributed by atoms with Crippen molar-refractivity contribution in [3.63, 3.8) is 0 Å². The van der Waals surface area contributed by atoms with Gasteiger partial charge in [-0.2, -0.15) is 0 Å². The zero-order valence-corrected chi connectivity index (χ0v) is 16.2. The summed E-state index contributed by atoms with van der Waals surface area (Å²) in [6, 6.07) is 4.19. The van der Waals surface area contributed by atoms with Crippen molar-refractivity contribution in [3.05, 3.63) is 24.5 Å². The van der Waals surface area contributed by atoms with Gasteiger partial charge in [0.15, 0.2) is 0 Å². The number of ether oxygens (including phenoxy) is 1. The minimum Gasteiger partial charge on any atom is -0.466 e. The van der Waals surface area contributed by atoms with Crippen LogP contribution in [0.25, 0.3) is 0 Å². The third kappa shape index (κ3) is 5.22. The average molecular weight is 377 g/mol. The molecular weight excluding hydrogens is 348 g/mol. The molecule has 1 heterocycles. The summed E-state index contributed by atoms with van der Waals surface area (Å²) in [5.41, 5.74) is 0. The van der Waals surface area contributed by atoms with Gasteiger partial charge in [-0.1, -0.05) is 19.3 Å². The van der Waals surface area contributed by atoms with E-state index in [1.54, 1.807) is 24.2 Å². The van der Waals surface area contributed by atoms with Crippen molar-refractivity contribution in [2.45, 2.75) is 56.4 Å². The van der Waals surface area contributed by atoms with E-state index >= 15 is 0 Å². The Morgan fingerprint density at radius 1 is 1.23 bits per heavy atom. The van der Waals surface area contributed by atoms with E-state index in [1.165, 1.54) is 19.3 Å². The molecule has 0 radical (unpaired) electrons. The first-order chi connectivity index (χ1) is 12.7. The molecule has 0 bridgehead atoms. The quantitative estimate of drug-likeness (QED) is 0.513. The number of thioether (sulfide) groups is 1. The van der Waals surface area contributed by atoms with Gasteiger partial charge in [0.2, 0.25) is 5.91 Å². The zero-order chi connectivity index (χ0) is 18.4. The smallest absolute Gasteiger partial charge is 0.309 e. The molecule has 2 fully saturated rings. The van der Waals surface area contributed by atoms with E-state index in [1.807, 2.05) is 19.1 Å². The summed E-state index contributed by atoms with van der Waals surface area (Å²) in [5.74, 6) is 0.789. The van der Waals surface area contributed by atoms with Crippen LogP contribution >= 0.6 is 11.8 Å². The number of amides is 1. The fourth-order valence-electron chi connectivity index (χ4n) is 3.75. The largest absolute Gasteiger partial charge is 0.466 e. The molecule has 0 aliphatic heterocycles. The second-order valence-corrected chi connectivity index (χ2v) is 8.21. The number of hydrogen-bond donors (Lipinski definition) is 0. The van der Waals surface area contributed by atoms with Crippen molar-refractivity contribution in [3.8, 4) is 0 Å². The molecule has 6 heteroatoms. The van der Waals surface area contributed by atoms with Crippen LogP contribution in [0.5, 0.6) is 0 Å². The molecule has 2 atom stereocenters. The van der Waals surface area contributed by atoms with Gasteiger partial charge >= 0.3 is 5.97 Å². The van der Waals surface area contributed by atoms with E-state index in [0.717, 1.165) is 24.2 Å². The molecule has 0 unspecified atom stereocenters. The molecule has 142 valence electrons. The van der Waals surface area contributed by atoms with E-state index in [4.69, 9.17) is 4.74 Å². The number of pyridine rings is 1. The molecule has 0 N–H and O–H groups in total. The summed E-state index contributed by atoms with van der Waals surface area (Å²) >= 11 is 1.56. The topological polar surface area (TPSA) is 59.5 Å². The van der Waals surface area contributed by atoms with Crippen LogP contribution < -0.4 is 0 Å². The first-order valence-corrected chi connectivity index (χ1v) is 10.7. The van der Waals surface area contributed by atoms with Crippen LogP contribution in [-0.2, 0) is 14.3 Å². The molecule has 5 nitrogen and oxygen atoms in total. The first-order valence-electron chi connectivity index (χ1n) is 9.68. The summed E-state index contributed by atoms with van der Waals surface area (Å²) in [6.45, 7) is 2.96. The van der Waals surface area contributed by atoms with Crippen LogP contribution in [0.1, 0.15) is 45.4 Å². The maximum Gasteiger partial charge on any atom is 0.309 e. The number of carbonyl (C=O) groups is 2. The minimum atomic E-state index is -0.0975. The van der Waals surface area contributed by atoms with E-state index in [0.29, 0.717) is 24.9 Å². The second kappa shape index (κ2) is 9.40. The number of hydrogen-bond acceptors (Lipinski definition) is 5. The van der Waals surface area contributed by atoms with Crippen LogP contribution in [0.2, 0.25) is 0 Å². The highest BCUT2D eigenvalue weighted by molar-refractivity contribution is 8.00. The van der Waals surface area contributed by atoms with Gasteiger partial charge in [-0.25, -0.2) is 0 Å². The van der Waals surface area contributed by atoms with Gasteiger partial charge in [0.25, 0.3) is 0 Å². The highest BCUT2D eigenvalue weighted by Gasteiger charge is 2.46. The molecule has 0 spiro atoms. The van der Waals surface area contributed by atoms with Crippen molar-refractivity contribution in [2.24, 2.45) is 11.8 Å². The Hall–Kier alpha value is -1.56. The lowest BCUT2D eigenvalue weighted by Crippen LogP contribution is -2.44. The Bertz CT molecular complexity index is 604. The maximum atomic E-state index is 13.0. The van der Waals surface area contributed by atoms with Crippen molar-refractivity contribution in [1.82, 2.24) is 9.88 Å². The van der Waals surface area contributed by atoms with E-state index < -0.39 is 0 Å². The molecular formula is C20H28N2O3S. The van der Waals surface area contributed by atoms with Gasteiger partial charge < -0.3 is 9.64 Å². The molecule has 1 aromatic rings. The monoisotopic (exact) mass is 376 g/mol. The molecule has 1 aromatic heterocycles. The lowest BCUT2D eigenvalue weighted by molar-refractivity contribution is -0.145. The second-order valence-electron chi connectivity index (χ2n) is 7.16. The number of esters is 1. The predicted molar refractivity (Wildman–Crippen MR) is 102 cm³/mol. The fourth-order valence-corrected chi connectivity index (χ4v) is 4.52. The normalized spacial score (nSPS) is 22.7. The summed E-state index contributed by atoms with van der Waals surface area (Å²) < 4.78 is 5.14. The molecule has 2 saturated carbocycles. The third-order valence-electron chi connectivity index (χ3n) is 5.29. The van der Waals surface area contributed by atoms with Crippen LogP contribution in [0.15, 0.2) is 29.4 Å². The maximum absolute atomic E-state index is 13.0. The SMILES string of the molecule is CCOC(=O)[C@H]1C[C@@H]1CN(C(=O)CSc1ccncc1)C1CCCCC1. The number of rotatable bonds is 8. The zero-order valence-electron chi connectivity index (χ0n) is 15.4. The lowest BCUT2D eigenvalue weighted by atomic mass is 9.94. The van der Waals surface area contributed by atoms with Crippen molar-refractivity contribution in [2.75, 3.05) is 18.9 Å². The Labute approximate surface area is 159 Å². The molecule has 3 rings (SSSR count). The van der Waals surface area contributed by atoms with Gasteiger partial charge in [-0.15, -0.1) is 11.8 Å². The predicted octanol–water partition coefficient (Wildman–Crippen LogP) is 3.53.